The van der Waals surface area contributed by atoms with Gasteiger partial charge in [0.2, 0.25) is 0 Å². The maximum Gasteiger partial charge on any atom is 0.166 e. The van der Waals surface area contributed by atoms with Crippen LogP contribution >= 0.6 is 0 Å². The van der Waals surface area contributed by atoms with Crippen LogP contribution in [0.4, 0.5) is 0 Å². The molecule has 3 rings (SSSR count). The van der Waals surface area contributed by atoms with E-state index in [9.17, 15) is 10.2 Å². The average molecular weight is 382 g/mol. The van der Waals surface area contributed by atoms with Crippen molar-refractivity contribution in [1.29, 1.82) is 0 Å². The van der Waals surface area contributed by atoms with Gasteiger partial charge in [0.05, 0.1) is 26.3 Å². The Morgan fingerprint density at radius 3 is 1.50 bits per heavy atom. The van der Waals surface area contributed by atoms with Gasteiger partial charge >= 0.3 is 0 Å². The number of ether oxygens (including phenoxy) is 2. The van der Waals surface area contributed by atoms with E-state index in [2.05, 4.69) is 9.98 Å². The van der Waals surface area contributed by atoms with Crippen LogP contribution in [0, 0.1) is 0 Å². The lowest BCUT2D eigenvalue weighted by Crippen LogP contribution is -2.20. The Balaban J connectivity index is 1.56. The van der Waals surface area contributed by atoms with Crippen LogP contribution in [0.1, 0.15) is 36.8 Å². The van der Waals surface area contributed by atoms with Crippen LogP contribution in [0.25, 0.3) is 0 Å². The number of nitrogens with zero attached hydrogens (tertiary/aromatic N) is 2. The van der Waals surface area contributed by atoms with Gasteiger partial charge in [-0.15, -0.1) is 0 Å². The van der Waals surface area contributed by atoms with Crippen LogP contribution in [0.15, 0.2) is 46.4 Å². The van der Waals surface area contributed by atoms with Crippen molar-refractivity contribution in [3.63, 3.8) is 0 Å². The molecule has 0 atom stereocenters. The van der Waals surface area contributed by atoms with Crippen molar-refractivity contribution in [2.24, 2.45) is 9.98 Å². The molecule has 2 N–H and O–H groups in total. The van der Waals surface area contributed by atoms with Gasteiger partial charge in [-0.2, -0.15) is 0 Å². The molecule has 148 valence electrons. The minimum Gasteiger partial charge on any atom is -0.504 e. The van der Waals surface area contributed by atoms with Gasteiger partial charge < -0.3 is 19.7 Å². The van der Waals surface area contributed by atoms with Crippen molar-refractivity contribution in [3.8, 4) is 23.0 Å². The number of rotatable bonds is 6. The lowest BCUT2D eigenvalue weighted by molar-refractivity contribution is 0.373. The summed E-state index contributed by atoms with van der Waals surface area (Å²) < 4.78 is 10.2. The highest BCUT2D eigenvalue weighted by Gasteiger charge is 2.19. The van der Waals surface area contributed by atoms with Crippen molar-refractivity contribution < 1.29 is 19.7 Å². The average Bonchev–Trinajstić information content (AvgIpc) is 2.73. The first-order chi connectivity index (χ1) is 13.6. The summed E-state index contributed by atoms with van der Waals surface area (Å²) >= 11 is 0. The number of phenolic OH excluding ortho intramolecular Hbond substituents is 2. The predicted molar refractivity (Wildman–Crippen MR) is 111 cm³/mol. The highest BCUT2D eigenvalue weighted by molar-refractivity contribution is 5.85. The van der Waals surface area contributed by atoms with Gasteiger partial charge in [-0.25, -0.2) is 0 Å². The fraction of sp³-hybridized carbons (Fsp3) is 0.364. The maximum atomic E-state index is 10.1. The molecule has 1 fully saturated rings. The highest BCUT2D eigenvalue weighted by Crippen LogP contribution is 2.30. The van der Waals surface area contributed by atoms with E-state index >= 15 is 0 Å². The van der Waals surface area contributed by atoms with E-state index in [1.165, 1.54) is 14.2 Å². The quantitative estimate of drug-likeness (QED) is 0.741. The van der Waals surface area contributed by atoms with Crippen LogP contribution in [-0.4, -0.2) is 48.9 Å². The van der Waals surface area contributed by atoms with E-state index in [0.29, 0.717) is 22.6 Å². The Bertz CT molecular complexity index is 784. The SMILES string of the molecule is COc1cccc(C=NC2CCC(N=Cc3cccc(OC)c3O)CC2)c1O. The Labute approximate surface area is 165 Å². The number of methoxy groups -OCH3 is 2. The molecule has 1 aliphatic rings. The molecular weight excluding hydrogens is 356 g/mol. The third-order valence-electron chi connectivity index (χ3n) is 5.02. The number of aromatic hydroxyl groups is 2. The number of benzene rings is 2. The molecule has 1 aliphatic carbocycles. The minimum atomic E-state index is 0.116. The molecule has 28 heavy (non-hydrogen) atoms. The molecule has 0 spiro atoms. The van der Waals surface area contributed by atoms with E-state index in [1.54, 1.807) is 24.6 Å². The zero-order chi connectivity index (χ0) is 19.9. The first kappa shape index (κ1) is 19.7. The number of aliphatic imine (C=N–C) groups is 2. The Morgan fingerprint density at radius 1 is 0.750 bits per heavy atom. The molecular formula is C22H26N2O4. The summed E-state index contributed by atoms with van der Waals surface area (Å²) in [7, 11) is 3.06. The predicted octanol–water partition coefficient (Wildman–Crippen LogP) is 3.96. The van der Waals surface area contributed by atoms with Gasteiger partial charge in [0.1, 0.15) is 0 Å². The van der Waals surface area contributed by atoms with Gasteiger partial charge in [-0.05, 0) is 49.9 Å². The molecule has 0 saturated heterocycles. The zero-order valence-corrected chi connectivity index (χ0v) is 16.2. The summed E-state index contributed by atoms with van der Waals surface area (Å²) in [5, 5.41) is 20.3. The first-order valence-corrected chi connectivity index (χ1v) is 9.40. The summed E-state index contributed by atoms with van der Waals surface area (Å²) in [6.45, 7) is 0. The summed E-state index contributed by atoms with van der Waals surface area (Å²) in [5.41, 5.74) is 1.32. The number of para-hydroxylation sites is 2. The summed E-state index contributed by atoms with van der Waals surface area (Å²) in [6, 6.07) is 11.2. The molecule has 2 aromatic rings. The van der Waals surface area contributed by atoms with Crippen molar-refractivity contribution >= 4 is 12.4 Å². The van der Waals surface area contributed by atoms with Crippen molar-refractivity contribution in [2.45, 2.75) is 37.8 Å². The van der Waals surface area contributed by atoms with Gasteiger partial charge in [-0.3, -0.25) is 9.98 Å². The molecule has 0 bridgehead atoms. The smallest absolute Gasteiger partial charge is 0.166 e. The third kappa shape index (κ3) is 4.63. The lowest BCUT2D eigenvalue weighted by Gasteiger charge is -2.23. The van der Waals surface area contributed by atoms with Crippen LogP contribution in [0.2, 0.25) is 0 Å². The monoisotopic (exact) mass is 382 g/mol. The topological polar surface area (TPSA) is 83.6 Å². The van der Waals surface area contributed by atoms with Crippen LogP contribution < -0.4 is 9.47 Å². The largest absolute Gasteiger partial charge is 0.504 e. The Hall–Kier alpha value is -3.02. The van der Waals surface area contributed by atoms with Gasteiger partial charge in [0.25, 0.3) is 0 Å². The fourth-order valence-electron chi connectivity index (χ4n) is 3.34. The van der Waals surface area contributed by atoms with Gasteiger partial charge in [0, 0.05) is 23.6 Å². The van der Waals surface area contributed by atoms with Crippen molar-refractivity contribution in [2.75, 3.05) is 14.2 Å². The van der Waals surface area contributed by atoms with E-state index in [1.807, 2.05) is 24.3 Å². The molecule has 1 saturated carbocycles. The zero-order valence-electron chi connectivity index (χ0n) is 16.2. The van der Waals surface area contributed by atoms with E-state index < -0.39 is 0 Å². The highest BCUT2D eigenvalue weighted by atomic mass is 16.5. The number of hydrogen-bond acceptors (Lipinski definition) is 6. The summed E-state index contributed by atoms with van der Waals surface area (Å²) in [4.78, 5) is 9.26. The molecule has 6 heteroatoms. The van der Waals surface area contributed by atoms with Gasteiger partial charge in [0.15, 0.2) is 23.0 Å². The molecule has 2 aromatic carbocycles. The van der Waals surface area contributed by atoms with Gasteiger partial charge in [-0.1, -0.05) is 12.1 Å². The molecule has 6 nitrogen and oxygen atoms in total. The second kappa shape index (κ2) is 9.26. The molecule has 0 radical (unpaired) electrons. The second-order valence-corrected chi connectivity index (χ2v) is 6.81. The standard InChI is InChI=1S/C22H26N2O4/c1-27-19-7-3-5-15(21(19)25)13-23-17-9-11-18(12-10-17)24-14-16-6-4-8-20(28-2)22(16)26/h3-8,13-14,17-18,25-26H,9-12H2,1-2H3. The van der Waals surface area contributed by atoms with E-state index in [0.717, 1.165) is 25.7 Å². The molecule has 0 aromatic heterocycles. The van der Waals surface area contributed by atoms with E-state index in [-0.39, 0.29) is 23.6 Å². The Kier molecular flexibility index (Phi) is 6.53. The van der Waals surface area contributed by atoms with Crippen LogP contribution in [0.3, 0.4) is 0 Å². The van der Waals surface area contributed by atoms with Crippen molar-refractivity contribution in [1.82, 2.24) is 0 Å². The third-order valence-corrected chi connectivity index (χ3v) is 5.02. The fourth-order valence-corrected chi connectivity index (χ4v) is 3.34. The molecule has 0 amide bonds. The number of phenols is 2. The maximum absolute atomic E-state index is 10.1. The Morgan fingerprint density at radius 2 is 1.14 bits per heavy atom. The van der Waals surface area contributed by atoms with Crippen LogP contribution in [-0.2, 0) is 0 Å². The summed E-state index contributed by atoms with van der Waals surface area (Å²) in [5.74, 6) is 1.13. The van der Waals surface area contributed by atoms with Crippen LogP contribution in [0.5, 0.6) is 23.0 Å². The molecule has 0 aliphatic heterocycles. The van der Waals surface area contributed by atoms with E-state index in [4.69, 9.17) is 9.47 Å². The lowest BCUT2D eigenvalue weighted by atomic mass is 9.92. The first-order valence-electron chi connectivity index (χ1n) is 9.40. The second-order valence-electron chi connectivity index (χ2n) is 6.81. The molecule has 0 heterocycles. The minimum absolute atomic E-state index is 0.116. The normalized spacial score (nSPS) is 19.9. The number of hydrogen-bond donors (Lipinski definition) is 2. The summed E-state index contributed by atoms with van der Waals surface area (Å²) in [6.07, 6.45) is 7.20. The van der Waals surface area contributed by atoms with Crippen molar-refractivity contribution in [3.05, 3.63) is 47.5 Å². The molecule has 0 unspecified atom stereocenters.